The molecule has 0 saturated carbocycles. The van der Waals surface area contributed by atoms with Gasteiger partial charge in [0.05, 0.1) is 15.5 Å². The number of hydrogen-bond acceptors (Lipinski definition) is 8. The van der Waals surface area contributed by atoms with Crippen LogP contribution in [0.5, 0.6) is 0 Å². The van der Waals surface area contributed by atoms with Crippen LogP contribution < -0.4 is 0 Å². The number of thiophene rings is 1. The fraction of sp³-hybridized carbons (Fsp3) is 0.286. The molecule has 0 N–H and O–H groups in total. The second kappa shape index (κ2) is 7.13. The number of rotatable bonds is 4. The Labute approximate surface area is 173 Å². The van der Waals surface area contributed by atoms with Crippen LogP contribution in [-0.2, 0) is 20.0 Å². The van der Waals surface area contributed by atoms with E-state index in [0.717, 1.165) is 26.9 Å². The minimum atomic E-state index is -3.78. The summed E-state index contributed by atoms with van der Waals surface area (Å²) in [7, 11) is -7.40. The minimum Gasteiger partial charge on any atom is -0.207 e. The van der Waals surface area contributed by atoms with Gasteiger partial charge in [-0.3, -0.25) is 0 Å². The van der Waals surface area contributed by atoms with Gasteiger partial charge in [-0.15, -0.1) is 11.3 Å². The van der Waals surface area contributed by atoms with E-state index in [1.165, 1.54) is 14.7 Å². The third-order valence-electron chi connectivity index (χ3n) is 4.21. The molecule has 1 saturated heterocycles. The molecule has 4 rings (SSSR count). The molecule has 1 aromatic carbocycles. The molecule has 2 aromatic heterocycles. The third-order valence-corrected chi connectivity index (χ3v) is 10.7. The molecular weight excluding hydrogens is 496 g/mol. The molecule has 144 valence electrons. The molecule has 8 nitrogen and oxygen atoms in total. The average molecular weight is 509 g/mol. The van der Waals surface area contributed by atoms with Crippen LogP contribution in [0, 0.1) is 0 Å². The molecule has 13 heteroatoms. The van der Waals surface area contributed by atoms with Crippen molar-refractivity contribution < 1.29 is 16.8 Å². The molecule has 0 atom stereocenters. The smallest absolute Gasteiger partial charge is 0.207 e. The minimum absolute atomic E-state index is 0.0854. The van der Waals surface area contributed by atoms with Gasteiger partial charge in [0.15, 0.2) is 0 Å². The number of sulfonamides is 2. The van der Waals surface area contributed by atoms with Crippen molar-refractivity contribution in [3.8, 4) is 0 Å². The number of nitrogens with zero attached hydrogens (tertiary/aromatic N) is 4. The van der Waals surface area contributed by atoms with Crippen LogP contribution >= 0.6 is 39.0 Å². The van der Waals surface area contributed by atoms with Crippen molar-refractivity contribution in [2.24, 2.45) is 0 Å². The van der Waals surface area contributed by atoms with Gasteiger partial charge in [-0.2, -0.15) is 17.4 Å². The first-order valence-electron chi connectivity index (χ1n) is 7.77. The maximum absolute atomic E-state index is 13.0. The van der Waals surface area contributed by atoms with Crippen LogP contribution in [0.2, 0.25) is 0 Å². The number of fused-ring (bicyclic) bond motifs is 1. The van der Waals surface area contributed by atoms with Crippen LogP contribution in [0.25, 0.3) is 11.0 Å². The highest BCUT2D eigenvalue weighted by atomic mass is 79.9. The van der Waals surface area contributed by atoms with Gasteiger partial charge >= 0.3 is 0 Å². The predicted octanol–water partition coefficient (Wildman–Crippen LogP) is 2.21. The van der Waals surface area contributed by atoms with Gasteiger partial charge < -0.3 is 0 Å². The molecule has 1 aliphatic rings. The lowest BCUT2D eigenvalue weighted by Gasteiger charge is -2.32. The fourth-order valence-electron chi connectivity index (χ4n) is 2.84. The summed E-state index contributed by atoms with van der Waals surface area (Å²) in [5, 5.41) is 0. The Morgan fingerprint density at radius 1 is 0.889 bits per heavy atom. The topological polar surface area (TPSA) is 101 Å². The number of benzene rings is 1. The monoisotopic (exact) mass is 508 g/mol. The molecule has 3 aromatic rings. The Bertz CT molecular complexity index is 1200. The molecule has 0 aliphatic carbocycles. The van der Waals surface area contributed by atoms with E-state index >= 15 is 0 Å². The van der Waals surface area contributed by atoms with Crippen molar-refractivity contribution in [3.63, 3.8) is 0 Å². The zero-order chi connectivity index (χ0) is 19.2. The van der Waals surface area contributed by atoms with Crippen molar-refractivity contribution in [2.45, 2.75) is 9.10 Å². The molecule has 0 unspecified atom stereocenters. The summed E-state index contributed by atoms with van der Waals surface area (Å²) < 4.78 is 63.2. The summed E-state index contributed by atoms with van der Waals surface area (Å²) >= 11 is 5.36. The average Bonchev–Trinajstić information content (AvgIpc) is 3.30. The van der Waals surface area contributed by atoms with E-state index in [4.69, 9.17) is 0 Å². The van der Waals surface area contributed by atoms with E-state index in [0.29, 0.717) is 11.0 Å². The highest BCUT2D eigenvalue weighted by molar-refractivity contribution is 9.11. The van der Waals surface area contributed by atoms with Gasteiger partial charge in [-0.05, 0) is 40.2 Å². The Kier molecular flexibility index (Phi) is 5.12. The number of aromatic nitrogens is 2. The summed E-state index contributed by atoms with van der Waals surface area (Å²) in [6.07, 6.45) is 0. The summed E-state index contributed by atoms with van der Waals surface area (Å²) in [4.78, 5) is 0.104. The Balaban J connectivity index is 1.56. The molecule has 27 heavy (non-hydrogen) atoms. The Hall–Kier alpha value is -0.960. The lowest BCUT2D eigenvalue weighted by Crippen LogP contribution is -2.50. The van der Waals surface area contributed by atoms with Crippen molar-refractivity contribution in [1.29, 1.82) is 0 Å². The first kappa shape index (κ1) is 19.4. The normalized spacial score (nSPS) is 17.5. The van der Waals surface area contributed by atoms with Crippen LogP contribution in [0.15, 0.2) is 43.2 Å². The molecule has 1 aliphatic heterocycles. The van der Waals surface area contributed by atoms with Gasteiger partial charge in [0.25, 0.3) is 10.0 Å². The van der Waals surface area contributed by atoms with Crippen molar-refractivity contribution >= 4 is 70.1 Å². The van der Waals surface area contributed by atoms with Crippen LogP contribution in [0.3, 0.4) is 0 Å². The molecule has 0 amide bonds. The van der Waals surface area contributed by atoms with E-state index < -0.39 is 20.0 Å². The van der Waals surface area contributed by atoms with Gasteiger partial charge in [0.1, 0.15) is 20.1 Å². The molecule has 1 fully saturated rings. The number of hydrogen-bond donors (Lipinski definition) is 0. The maximum Gasteiger partial charge on any atom is 0.252 e. The standard InChI is InChI=1S/C14H13BrN4O4S4/c15-12-4-5-13(24-12)27(22,23)19-8-6-18(7-9-19)26(20,21)11-3-1-2-10-14(11)17-25-16-10/h1-5H,6-9H2. The van der Waals surface area contributed by atoms with E-state index in [-0.39, 0.29) is 35.3 Å². The van der Waals surface area contributed by atoms with E-state index in [2.05, 4.69) is 24.7 Å². The van der Waals surface area contributed by atoms with Crippen molar-refractivity contribution in [3.05, 3.63) is 34.1 Å². The first-order valence-corrected chi connectivity index (χ1v) is 13.0. The molecular formula is C14H13BrN4O4S4. The highest BCUT2D eigenvalue weighted by Crippen LogP contribution is 2.30. The van der Waals surface area contributed by atoms with Gasteiger partial charge in [0.2, 0.25) is 10.0 Å². The first-order chi connectivity index (χ1) is 12.8. The highest BCUT2D eigenvalue weighted by Gasteiger charge is 2.35. The van der Waals surface area contributed by atoms with Crippen LogP contribution in [0.4, 0.5) is 0 Å². The molecule has 0 bridgehead atoms. The summed E-state index contributed by atoms with van der Waals surface area (Å²) in [6.45, 7) is 0.370. The Morgan fingerprint density at radius 3 is 2.19 bits per heavy atom. The number of piperazine rings is 1. The zero-order valence-electron chi connectivity index (χ0n) is 13.6. The van der Waals surface area contributed by atoms with Crippen molar-refractivity contribution in [2.75, 3.05) is 26.2 Å². The van der Waals surface area contributed by atoms with Crippen molar-refractivity contribution in [1.82, 2.24) is 17.4 Å². The van der Waals surface area contributed by atoms with Crippen LogP contribution in [-0.4, -0.2) is 60.4 Å². The van der Waals surface area contributed by atoms with E-state index in [9.17, 15) is 16.8 Å². The maximum atomic E-state index is 13.0. The SMILES string of the molecule is O=S(=O)(c1ccc(Br)s1)N1CCN(S(=O)(=O)c2cccc3nsnc23)CC1. The summed E-state index contributed by atoms with van der Waals surface area (Å²) in [5.74, 6) is 0. The van der Waals surface area contributed by atoms with E-state index in [1.807, 2.05) is 0 Å². The second-order valence-electron chi connectivity index (χ2n) is 5.75. The Morgan fingerprint density at radius 2 is 1.56 bits per heavy atom. The van der Waals surface area contributed by atoms with Gasteiger partial charge in [0, 0.05) is 26.2 Å². The van der Waals surface area contributed by atoms with E-state index in [1.54, 1.807) is 24.3 Å². The lowest BCUT2D eigenvalue weighted by molar-refractivity contribution is 0.273. The lowest BCUT2D eigenvalue weighted by atomic mass is 10.3. The summed E-state index contributed by atoms with van der Waals surface area (Å²) in [6, 6.07) is 8.07. The molecule has 0 spiro atoms. The fourth-order valence-corrected chi connectivity index (χ4v) is 8.60. The second-order valence-corrected chi connectivity index (χ2v) is 12.8. The molecule has 0 radical (unpaired) electrons. The number of halogens is 1. The largest absolute Gasteiger partial charge is 0.252 e. The molecule has 3 heterocycles. The van der Waals surface area contributed by atoms with Gasteiger partial charge in [-0.25, -0.2) is 16.8 Å². The summed E-state index contributed by atoms with van der Waals surface area (Å²) in [5.41, 5.74) is 0.881. The van der Waals surface area contributed by atoms with Gasteiger partial charge in [-0.1, -0.05) is 6.07 Å². The predicted molar refractivity (Wildman–Crippen MR) is 107 cm³/mol. The third kappa shape index (κ3) is 3.45. The quantitative estimate of drug-likeness (QED) is 0.535. The van der Waals surface area contributed by atoms with Crippen LogP contribution in [0.1, 0.15) is 0 Å². The zero-order valence-corrected chi connectivity index (χ0v) is 18.5.